The van der Waals surface area contributed by atoms with Crippen LogP contribution in [0.5, 0.6) is 0 Å². The summed E-state index contributed by atoms with van der Waals surface area (Å²) in [5, 5.41) is 15.5. The molecule has 3 fully saturated rings. The van der Waals surface area contributed by atoms with E-state index in [1.165, 1.54) is 4.57 Å². The number of para-hydroxylation sites is 1. The number of nitrogens with zero attached hydrogens (tertiary/aromatic N) is 3. The predicted octanol–water partition coefficient (Wildman–Crippen LogP) is 2.29. The highest BCUT2D eigenvalue weighted by atomic mass is 16.4. The number of aryl methyl sites for hydroxylation is 1. The third-order valence-corrected chi connectivity index (χ3v) is 7.73. The molecule has 5 rings (SSSR count). The average molecular weight is 470 g/mol. The molecule has 1 spiro atoms. The molecule has 3 N–H and O–H groups in total. The van der Waals surface area contributed by atoms with E-state index in [9.17, 15) is 24.3 Å². The van der Waals surface area contributed by atoms with Crippen molar-refractivity contribution in [2.24, 2.45) is 17.9 Å². The summed E-state index contributed by atoms with van der Waals surface area (Å²) < 4.78 is 3.03. The Labute approximate surface area is 196 Å². The predicted molar refractivity (Wildman–Crippen MR) is 126 cm³/mol. The van der Waals surface area contributed by atoms with Gasteiger partial charge in [0.15, 0.2) is 0 Å². The number of carboxylic acid groups (broad SMARTS) is 1. The van der Waals surface area contributed by atoms with E-state index in [0.29, 0.717) is 24.0 Å². The molecule has 34 heavy (non-hydrogen) atoms. The number of carbonyl (C=O) groups excluding carboxylic acids is 2. The molecule has 0 radical (unpaired) electrons. The fraction of sp³-hybridized carbons (Fsp3) is 0.583. The number of fused-ring (bicyclic) bond motifs is 1. The SMILES string of the molecule is Cn1c(=O)n(C2CCC(=O)NC2=O)c2cccc(NC3CC4(C3)CN(C(=O)O)C4C(C)(C)C)c21. The molecule has 2 unspecified atom stereocenters. The van der Waals surface area contributed by atoms with E-state index in [-0.39, 0.29) is 40.9 Å². The maximum Gasteiger partial charge on any atom is 0.407 e. The summed E-state index contributed by atoms with van der Waals surface area (Å²) in [7, 11) is 1.69. The van der Waals surface area contributed by atoms with Crippen LogP contribution in [0.25, 0.3) is 11.0 Å². The zero-order valence-corrected chi connectivity index (χ0v) is 19.9. The number of imidazole rings is 1. The number of benzene rings is 1. The highest BCUT2D eigenvalue weighted by Gasteiger charge is 2.64. The highest BCUT2D eigenvalue weighted by molar-refractivity contribution is 6.00. The van der Waals surface area contributed by atoms with Crippen molar-refractivity contribution < 1.29 is 19.5 Å². The number of hydrogen-bond donors (Lipinski definition) is 3. The Hall–Kier alpha value is -3.30. The first kappa shape index (κ1) is 22.5. The van der Waals surface area contributed by atoms with Crippen molar-refractivity contribution in [3.63, 3.8) is 0 Å². The topological polar surface area (TPSA) is 126 Å². The van der Waals surface area contributed by atoms with Gasteiger partial charge >= 0.3 is 11.8 Å². The van der Waals surface area contributed by atoms with Gasteiger partial charge in [-0.1, -0.05) is 26.8 Å². The van der Waals surface area contributed by atoms with Crippen LogP contribution in [-0.2, 0) is 16.6 Å². The molecule has 2 aromatic rings. The molecule has 2 aliphatic heterocycles. The Morgan fingerprint density at radius 3 is 2.53 bits per heavy atom. The second-order valence-electron chi connectivity index (χ2n) is 11.1. The fourth-order valence-corrected chi connectivity index (χ4v) is 6.68. The molecule has 182 valence electrons. The van der Waals surface area contributed by atoms with Crippen LogP contribution in [0.2, 0.25) is 0 Å². The molecule has 2 atom stereocenters. The Morgan fingerprint density at radius 2 is 1.91 bits per heavy atom. The summed E-state index contributed by atoms with van der Waals surface area (Å²) in [4.78, 5) is 50.4. The molecule has 1 aromatic heterocycles. The fourth-order valence-electron chi connectivity index (χ4n) is 6.68. The quantitative estimate of drug-likeness (QED) is 0.592. The molecule has 0 bridgehead atoms. The van der Waals surface area contributed by atoms with Gasteiger partial charge in [0.25, 0.3) is 0 Å². The molecule has 3 heterocycles. The third kappa shape index (κ3) is 3.22. The summed E-state index contributed by atoms with van der Waals surface area (Å²) in [6.07, 6.45) is 1.34. The van der Waals surface area contributed by atoms with Gasteiger partial charge in [0.1, 0.15) is 6.04 Å². The number of aromatic nitrogens is 2. The molecule has 10 nitrogen and oxygen atoms in total. The van der Waals surface area contributed by atoms with Crippen LogP contribution in [0.4, 0.5) is 10.5 Å². The van der Waals surface area contributed by atoms with Gasteiger partial charge in [0, 0.05) is 37.5 Å². The van der Waals surface area contributed by atoms with E-state index in [1.54, 1.807) is 16.5 Å². The van der Waals surface area contributed by atoms with Gasteiger partial charge in [0.05, 0.1) is 16.7 Å². The zero-order chi connectivity index (χ0) is 24.6. The number of hydrogen-bond acceptors (Lipinski definition) is 5. The first-order valence-corrected chi connectivity index (χ1v) is 11.7. The lowest BCUT2D eigenvalue weighted by Crippen LogP contribution is -2.75. The smallest absolute Gasteiger partial charge is 0.407 e. The minimum Gasteiger partial charge on any atom is -0.465 e. The average Bonchev–Trinajstić information content (AvgIpc) is 2.93. The first-order valence-electron chi connectivity index (χ1n) is 11.7. The molecule has 3 amide bonds. The maximum atomic E-state index is 13.1. The summed E-state index contributed by atoms with van der Waals surface area (Å²) in [6.45, 7) is 6.81. The van der Waals surface area contributed by atoms with E-state index in [2.05, 4.69) is 31.4 Å². The van der Waals surface area contributed by atoms with Crippen LogP contribution in [0.3, 0.4) is 0 Å². The molecule has 1 aromatic carbocycles. The molecule has 3 aliphatic rings. The Morgan fingerprint density at radius 1 is 1.21 bits per heavy atom. The van der Waals surface area contributed by atoms with Gasteiger partial charge < -0.3 is 15.3 Å². The zero-order valence-electron chi connectivity index (χ0n) is 19.9. The number of nitrogens with one attached hydrogen (secondary N) is 2. The van der Waals surface area contributed by atoms with Crippen molar-refractivity contribution in [2.75, 3.05) is 11.9 Å². The number of rotatable bonds is 3. The van der Waals surface area contributed by atoms with Crippen molar-refractivity contribution in [3.05, 3.63) is 28.7 Å². The Bertz CT molecular complexity index is 1260. The maximum absolute atomic E-state index is 13.1. The van der Waals surface area contributed by atoms with Crippen LogP contribution < -0.4 is 16.3 Å². The summed E-state index contributed by atoms with van der Waals surface area (Å²) >= 11 is 0. The summed E-state index contributed by atoms with van der Waals surface area (Å²) in [6, 6.07) is 5.02. The van der Waals surface area contributed by atoms with Crippen molar-refractivity contribution >= 4 is 34.6 Å². The number of likely N-dealkylation sites (tertiary alicyclic amines) is 1. The minimum absolute atomic E-state index is 0.0211. The van der Waals surface area contributed by atoms with Crippen molar-refractivity contribution in [2.45, 2.75) is 64.6 Å². The molecule has 1 saturated carbocycles. The largest absolute Gasteiger partial charge is 0.465 e. The summed E-state index contributed by atoms with van der Waals surface area (Å²) in [5.74, 6) is -0.770. The first-order chi connectivity index (χ1) is 15.9. The van der Waals surface area contributed by atoms with Gasteiger partial charge in [-0.05, 0) is 36.8 Å². The number of amides is 3. The lowest BCUT2D eigenvalue weighted by Gasteiger charge is -2.67. The third-order valence-electron chi connectivity index (χ3n) is 7.73. The normalized spacial score (nSPS) is 29.1. The number of carbonyl (C=O) groups is 3. The van der Waals surface area contributed by atoms with Crippen LogP contribution in [-0.4, -0.2) is 55.7 Å². The molecule has 10 heteroatoms. The Balaban J connectivity index is 1.41. The van der Waals surface area contributed by atoms with Crippen LogP contribution >= 0.6 is 0 Å². The van der Waals surface area contributed by atoms with Crippen molar-refractivity contribution in [1.29, 1.82) is 0 Å². The second-order valence-corrected chi connectivity index (χ2v) is 11.1. The monoisotopic (exact) mass is 469 g/mol. The van der Waals surface area contributed by atoms with E-state index in [4.69, 9.17) is 0 Å². The molecular formula is C24H31N5O5. The molecule has 2 saturated heterocycles. The number of imide groups is 1. The van der Waals surface area contributed by atoms with E-state index < -0.39 is 18.0 Å². The van der Waals surface area contributed by atoms with Crippen LogP contribution in [0, 0.1) is 10.8 Å². The van der Waals surface area contributed by atoms with Gasteiger partial charge in [0.2, 0.25) is 11.8 Å². The number of piperidine rings is 1. The van der Waals surface area contributed by atoms with Gasteiger partial charge in [-0.25, -0.2) is 9.59 Å². The van der Waals surface area contributed by atoms with Gasteiger partial charge in [-0.15, -0.1) is 0 Å². The highest BCUT2D eigenvalue weighted by Crippen LogP contribution is 2.58. The molecular weight excluding hydrogens is 438 g/mol. The van der Waals surface area contributed by atoms with E-state index >= 15 is 0 Å². The van der Waals surface area contributed by atoms with Crippen LogP contribution in [0.15, 0.2) is 23.0 Å². The standard InChI is InChI=1S/C24H31N5O5/c1-23(2,3)20-24(12-28(20)22(33)34)10-13(11-24)25-14-6-5-7-15-18(14)27(4)21(32)29(15)16-8-9-17(30)26-19(16)31/h5-7,13,16,20,25H,8-12H2,1-4H3,(H,33,34)(H,26,30,31). The molecule has 1 aliphatic carbocycles. The van der Waals surface area contributed by atoms with Gasteiger partial charge in [-0.3, -0.25) is 24.0 Å². The number of anilines is 1. The van der Waals surface area contributed by atoms with Crippen molar-refractivity contribution in [3.8, 4) is 0 Å². The van der Waals surface area contributed by atoms with Gasteiger partial charge in [-0.2, -0.15) is 0 Å². The lowest BCUT2D eigenvalue weighted by molar-refractivity contribution is -0.153. The Kier molecular flexibility index (Phi) is 4.86. The van der Waals surface area contributed by atoms with Crippen molar-refractivity contribution in [1.82, 2.24) is 19.4 Å². The lowest BCUT2D eigenvalue weighted by atomic mass is 9.50. The minimum atomic E-state index is -0.864. The second kappa shape index (κ2) is 7.35. The summed E-state index contributed by atoms with van der Waals surface area (Å²) in [5.41, 5.74) is 1.70. The van der Waals surface area contributed by atoms with Crippen LogP contribution in [0.1, 0.15) is 52.5 Å². The van der Waals surface area contributed by atoms with E-state index in [1.807, 2.05) is 18.2 Å². The van der Waals surface area contributed by atoms with E-state index in [0.717, 1.165) is 18.5 Å².